The van der Waals surface area contributed by atoms with Crippen molar-refractivity contribution in [2.45, 2.75) is 57.7 Å². The number of halogens is 1. The van der Waals surface area contributed by atoms with Gasteiger partial charge in [-0.25, -0.2) is 4.39 Å². The first-order valence-electron chi connectivity index (χ1n) is 13.5. The van der Waals surface area contributed by atoms with Crippen LogP contribution in [0.3, 0.4) is 0 Å². The van der Waals surface area contributed by atoms with Gasteiger partial charge in [0.1, 0.15) is 28.7 Å². The molecule has 1 saturated carbocycles. The zero-order valence-electron chi connectivity index (χ0n) is 23.1. The molecule has 4 atom stereocenters. The van der Waals surface area contributed by atoms with Crippen LogP contribution in [0.2, 0.25) is 0 Å². The van der Waals surface area contributed by atoms with Crippen LogP contribution in [0.1, 0.15) is 49.8 Å². The third-order valence-corrected chi connectivity index (χ3v) is 9.33. The van der Waals surface area contributed by atoms with Gasteiger partial charge < -0.3 is 26.2 Å². The summed E-state index contributed by atoms with van der Waals surface area (Å²) in [4.78, 5) is 42.6. The topological polar surface area (TPSA) is 165 Å². The zero-order valence-corrected chi connectivity index (χ0v) is 23.1. The third kappa shape index (κ3) is 4.05. The maximum atomic E-state index is 16.0. The van der Waals surface area contributed by atoms with Crippen LogP contribution in [-0.4, -0.2) is 86.5 Å². The summed E-state index contributed by atoms with van der Waals surface area (Å²) >= 11 is 0. The Kier molecular flexibility index (Phi) is 6.63. The highest BCUT2D eigenvalue weighted by atomic mass is 19.1. The molecule has 1 aromatic carbocycles. The molecule has 1 aromatic rings. The Morgan fingerprint density at radius 1 is 1.18 bits per heavy atom. The predicted molar refractivity (Wildman–Crippen MR) is 142 cm³/mol. The number of carbonyl (C=O) groups is 3. The molecular weight excluding hydrogens is 521 g/mol. The van der Waals surface area contributed by atoms with Crippen LogP contribution >= 0.6 is 0 Å². The SMILES string of the molecule is CN(C)[C@@H]1C(=O)C(C(N)=O)=C(O)[C@@]2(O)C(=O)C3=C(O)c4c(O)cc(CN5CCC(C)(C)CC5)c(F)c4C[C@H]3C[C@@H]12. The maximum absolute atomic E-state index is 16.0. The lowest BCUT2D eigenvalue weighted by Gasteiger charge is -2.50. The number of phenols is 1. The number of hydrogen-bond acceptors (Lipinski definition) is 9. The number of likely N-dealkylation sites (N-methyl/N-ethyl adjacent to an activating group) is 1. The molecule has 1 aliphatic heterocycles. The molecule has 10 nitrogen and oxygen atoms in total. The van der Waals surface area contributed by atoms with Crippen molar-refractivity contribution in [2.75, 3.05) is 27.2 Å². The van der Waals surface area contributed by atoms with Crippen molar-refractivity contribution < 1.29 is 39.2 Å². The molecule has 3 aliphatic carbocycles. The third-order valence-electron chi connectivity index (χ3n) is 9.33. The first-order chi connectivity index (χ1) is 18.6. The quantitative estimate of drug-likeness (QED) is 0.347. The number of amides is 1. The molecule has 11 heteroatoms. The Labute approximate surface area is 231 Å². The second-order valence-corrected chi connectivity index (χ2v) is 12.6. The Hall–Kier alpha value is -3.28. The summed E-state index contributed by atoms with van der Waals surface area (Å²) in [6, 6.07) is 0.0603. The second-order valence-electron chi connectivity index (χ2n) is 12.6. The number of hydrogen-bond donors (Lipinski definition) is 5. The van der Waals surface area contributed by atoms with Gasteiger partial charge in [-0.15, -0.1) is 0 Å². The van der Waals surface area contributed by atoms with Gasteiger partial charge >= 0.3 is 0 Å². The lowest BCUT2D eigenvalue weighted by Crippen LogP contribution is -2.65. The van der Waals surface area contributed by atoms with Crippen molar-refractivity contribution in [1.29, 1.82) is 0 Å². The molecule has 0 radical (unpaired) electrons. The van der Waals surface area contributed by atoms with E-state index >= 15 is 4.39 Å². The number of nitrogens with zero attached hydrogens (tertiary/aromatic N) is 2. The second kappa shape index (κ2) is 9.39. The minimum atomic E-state index is -2.72. The van der Waals surface area contributed by atoms with Crippen LogP contribution < -0.4 is 5.73 Å². The van der Waals surface area contributed by atoms with Crippen LogP contribution in [0, 0.1) is 23.1 Å². The van der Waals surface area contributed by atoms with Gasteiger partial charge in [-0.3, -0.25) is 24.2 Å². The Balaban J connectivity index is 1.59. The number of nitrogens with two attached hydrogens (primary N) is 1. The summed E-state index contributed by atoms with van der Waals surface area (Å²) in [6.07, 6.45) is 1.75. The number of phenolic OH excluding ortho intramolecular Hbond substituents is 1. The molecule has 4 aliphatic rings. The van der Waals surface area contributed by atoms with E-state index in [1.54, 1.807) is 0 Å². The molecule has 0 aromatic heterocycles. The molecule has 1 saturated heterocycles. The van der Waals surface area contributed by atoms with Gasteiger partial charge in [-0.1, -0.05) is 13.8 Å². The number of primary amides is 1. The van der Waals surface area contributed by atoms with Crippen molar-refractivity contribution in [3.63, 3.8) is 0 Å². The lowest BCUT2D eigenvalue weighted by molar-refractivity contribution is -0.153. The summed E-state index contributed by atoms with van der Waals surface area (Å²) in [5.41, 5.74) is 1.74. The van der Waals surface area contributed by atoms with E-state index in [1.165, 1.54) is 25.1 Å². The van der Waals surface area contributed by atoms with Crippen LogP contribution in [0.5, 0.6) is 5.75 Å². The van der Waals surface area contributed by atoms with Crippen LogP contribution in [0.15, 0.2) is 23.0 Å². The van der Waals surface area contributed by atoms with E-state index < -0.39 is 69.6 Å². The van der Waals surface area contributed by atoms with Crippen molar-refractivity contribution in [3.8, 4) is 5.75 Å². The van der Waals surface area contributed by atoms with Crippen molar-refractivity contribution in [3.05, 3.63) is 45.5 Å². The van der Waals surface area contributed by atoms with E-state index in [-0.39, 0.29) is 47.1 Å². The van der Waals surface area contributed by atoms with Crippen molar-refractivity contribution in [1.82, 2.24) is 9.80 Å². The van der Waals surface area contributed by atoms with Gasteiger partial charge in [0.15, 0.2) is 11.4 Å². The molecule has 6 N–H and O–H groups in total. The predicted octanol–water partition coefficient (Wildman–Crippen LogP) is 1.73. The largest absolute Gasteiger partial charge is 0.508 e. The number of aliphatic hydroxyl groups is 3. The fourth-order valence-corrected chi connectivity index (χ4v) is 7.02. The number of aliphatic hydroxyl groups excluding tert-OH is 2. The maximum Gasteiger partial charge on any atom is 0.255 e. The number of ketones is 2. The summed E-state index contributed by atoms with van der Waals surface area (Å²) in [6.45, 7) is 6.22. The molecule has 40 heavy (non-hydrogen) atoms. The highest BCUT2D eigenvalue weighted by molar-refractivity contribution is 6.24. The minimum Gasteiger partial charge on any atom is -0.508 e. The van der Waals surface area contributed by atoms with Crippen LogP contribution in [-0.2, 0) is 27.3 Å². The normalized spacial score (nSPS) is 30.3. The fourth-order valence-electron chi connectivity index (χ4n) is 7.02. The van der Waals surface area contributed by atoms with E-state index in [2.05, 4.69) is 18.7 Å². The van der Waals surface area contributed by atoms with E-state index in [0.717, 1.165) is 25.9 Å². The number of piperidine rings is 1. The molecule has 1 amide bonds. The number of Topliss-reactive ketones (excluding diaryl/α,β-unsaturated/α-hetero) is 2. The van der Waals surface area contributed by atoms with Gasteiger partial charge in [0.25, 0.3) is 5.91 Å². The minimum absolute atomic E-state index is 0.0537. The molecule has 216 valence electrons. The number of likely N-dealkylation sites (tertiary alicyclic amines) is 1. The lowest BCUT2D eigenvalue weighted by atomic mass is 9.57. The Morgan fingerprint density at radius 2 is 1.80 bits per heavy atom. The highest BCUT2D eigenvalue weighted by Gasteiger charge is 2.64. The average molecular weight is 558 g/mol. The molecule has 0 bridgehead atoms. The number of aromatic hydroxyl groups is 1. The van der Waals surface area contributed by atoms with E-state index in [1.807, 2.05) is 0 Å². The number of rotatable bonds is 4. The van der Waals surface area contributed by atoms with Gasteiger partial charge in [0.2, 0.25) is 5.78 Å². The first-order valence-corrected chi connectivity index (χ1v) is 13.5. The van der Waals surface area contributed by atoms with Gasteiger partial charge in [-0.05, 0) is 70.3 Å². The molecule has 0 spiro atoms. The van der Waals surface area contributed by atoms with Gasteiger partial charge in [-0.2, -0.15) is 0 Å². The smallest absolute Gasteiger partial charge is 0.255 e. The molecule has 5 rings (SSSR count). The fraction of sp³-hybridized carbons (Fsp3) is 0.552. The highest BCUT2D eigenvalue weighted by Crippen LogP contribution is 2.53. The summed E-state index contributed by atoms with van der Waals surface area (Å²) in [5, 5.41) is 44.7. The molecule has 1 heterocycles. The van der Waals surface area contributed by atoms with Crippen LogP contribution in [0.25, 0.3) is 5.76 Å². The van der Waals surface area contributed by atoms with Crippen molar-refractivity contribution in [2.24, 2.45) is 23.0 Å². The monoisotopic (exact) mass is 557 g/mol. The Bertz CT molecular complexity index is 1390. The molecular formula is C29H36FN3O7. The summed E-state index contributed by atoms with van der Waals surface area (Å²) in [5.74, 6) is -8.11. The number of fused-ring (bicyclic) bond motifs is 3. The molecule has 2 fully saturated rings. The van der Waals surface area contributed by atoms with Crippen LogP contribution in [0.4, 0.5) is 4.39 Å². The van der Waals surface area contributed by atoms with Gasteiger partial charge in [0.05, 0.1) is 11.6 Å². The van der Waals surface area contributed by atoms with E-state index in [9.17, 15) is 34.8 Å². The Morgan fingerprint density at radius 3 is 2.38 bits per heavy atom. The number of benzene rings is 1. The standard InChI is InChI=1S/C29H36FN3O7/c1-28(2)5-7-33(8-6-28)12-14-11-17(34)19-15(21(14)30)9-13-10-16-22(32(3)4)24(36)20(27(31)39)26(38)29(16,40)25(37)18(13)23(19)35/h11,13,16,22,34-35,38,40H,5-10,12H2,1-4H3,(H2,31,39)/t13-,16-,22-,29-/m0/s1. The first kappa shape index (κ1) is 28.3. The average Bonchev–Trinajstić information content (AvgIpc) is 2.85. The number of carbonyl (C=O) groups excluding carboxylic acids is 3. The zero-order chi connectivity index (χ0) is 29.5. The summed E-state index contributed by atoms with van der Waals surface area (Å²) in [7, 11) is 3.05. The van der Waals surface area contributed by atoms with Crippen molar-refractivity contribution >= 4 is 23.2 Å². The van der Waals surface area contributed by atoms with E-state index in [0.29, 0.717) is 0 Å². The van der Waals surface area contributed by atoms with Gasteiger partial charge in [0, 0.05) is 29.2 Å². The molecule has 0 unspecified atom stereocenters. The van der Waals surface area contributed by atoms with E-state index in [4.69, 9.17) is 5.73 Å². The summed E-state index contributed by atoms with van der Waals surface area (Å²) < 4.78 is 16.0.